The smallest absolute Gasteiger partial charge is 0.264 e. The van der Waals surface area contributed by atoms with E-state index in [-0.39, 0.29) is 23.0 Å². The molecule has 0 aliphatic heterocycles. The standard InChI is InChI=1S/C31H38ClN3O5S/c1-5-7-19-33-31(37)24(4)34(21-25-12-10-11-23(3)20-25)30(36)22-35(28-13-8-9-14-29(28)40-6-2)41(38,39)27-17-15-26(32)16-18-27/h8-18,20,24H,5-7,19,21-22H2,1-4H3,(H,33,37)/t24-/m0/s1. The summed E-state index contributed by atoms with van der Waals surface area (Å²) in [6, 6.07) is 19.2. The Hall–Kier alpha value is -3.56. The van der Waals surface area contributed by atoms with E-state index in [1.165, 1.54) is 29.2 Å². The molecular weight excluding hydrogens is 562 g/mol. The number of nitrogens with zero attached hydrogens (tertiary/aromatic N) is 2. The van der Waals surface area contributed by atoms with E-state index < -0.39 is 28.5 Å². The molecule has 0 fully saturated rings. The number of carbonyl (C=O) groups is 2. The van der Waals surface area contributed by atoms with Crippen LogP contribution in [0.2, 0.25) is 5.02 Å². The van der Waals surface area contributed by atoms with Gasteiger partial charge in [-0.15, -0.1) is 0 Å². The maximum atomic E-state index is 14.1. The van der Waals surface area contributed by atoms with Gasteiger partial charge in [-0.1, -0.05) is 66.9 Å². The van der Waals surface area contributed by atoms with Gasteiger partial charge in [-0.3, -0.25) is 13.9 Å². The van der Waals surface area contributed by atoms with Crippen molar-refractivity contribution in [1.29, 1.82) is 0 Å². The first-order valence-corrected chi connectivity index (χ1v) is 15.5. The van der Waals surface area contributed by atoms with Crippen LogP contribution in [-0.4, -0.2) is 50.9 Å². The zero-order valence-corrected chi connectivity index (χ0v) is 25.5. The number of para-hydroxylation sites is 2. The van der Waals surface area contributed by atoms with Crippen LogP contribution in [0.15, 0.2) is 77.7 Å². The number of halogens is 1. The molecule has 0 bridgehead atoms. The number of hydrogen-bond donors (Lipinski definition) is 1. The van der Waals surface area contributed by atoms with Gasteiger partial charge in [0.05, 0.1) is 17.2 Å². The molecule has 2 amide bonds. The first kappa shape index (κ1) is 32.0. The lowest BCUT2D eigenvalue weighted by Gasteiger charge is -2.32. The molecule has 3 rings (SSSR count). The number of amides is 2. The number of nitrogens with one attached hydrogen (secondary N) is 1. The summed E-state index contributed by atoms with van der Waals surface area (Å²) in [5.74, 6) is -0.523. The van der Waals surface area contributed by atoms with Gasteiger partial charge in [0.25, 0.3) is 10.0 Å². The Morgan fingerprint density at radius 3 is 2.37 bits per heavy atom. The van der Waals surface area contributed by atoms with Gasteiger partial charge < -0.3 is 15.0 Å². The second-order valence-corrected chi connectivity index (χ2v) is 12.0. The Balaban J connectivity index is 2.05. The average molecular weight is 600 g/mol. The number of unbranched alkanes of at least 4 members (excludes halogenated alkanes) is 1. The lowest BCUT2D eigenvalue weighted by molar-refractivity contribution is -0.139. The number of ether oxygens (including phenoxy) is 1. The molecule has 1 N–H and O–H groups in total. The van der Waals surface area contributed by atoms with Crippen LogP contribution in [0.4, 0.5) is 5.69 Å². The molecule has 220 valence electrons. The predicted octanol–water partition coefficient (Wildman–Crippen LogP) is 5.58. The summed E-state index contributed by atoms with van der Waals surface area (Å²) in [6.07, 6.45) is 1.73. The molecule has 0 saturated carbocycles. The Labute approximate surface area is 248 Å². The Morgan fingerprint density at radius 2 is 1.71 bits per heavy atom. The van der Waals surface area contributed by atoms with Gasteiger partial charge >= 0.3 is 0 Å². The number of anilines is 1. The molecule has 0 radical (unpaired) electrons. The Bertz CT molecular complexity index is 1430. The van der Waals surface area contributed by atoms with Gasteiger partial charge in [-0.25, -0.2) is 8.42 Å². The fourth-order valence-electron chi connectivity index (χ4n) is 4.31. The SMILES string of the molecule is CCCCNC(=O)[C@H](C)N(Cc1cccc(C)c1)C(=O)CN(c1ccccc1OCC)S(=O)(=O)c1ccc(Cl)cc1. The van der Waals surface area contributed by atoms with Crippen molar-refractivity contribution in [3.8, 4) is 5.75 Å². The van der Waals surface area contributed by atoms with E-state index in [9.17, 15) is 18.0 Å². The number of hydrogen-bond acceptors (Lipinski definition) is 5. The van der Waals surface area contributed by atoms with Crippen molar-refractivity contribution in [3.63, 3.8) is 0 Å². The van der Waals surface area contributed by atoms with Crippen molar-refractivity contribution in [2.45, 2.75) is 58.0 Å². The van der Waals surface area contributed by atoms with Crippen LogP contribution in [-0.2, 0) is 26.2 Å². The van der Waals surface area contributed by atoms with Gasteiger partial charge in [0, 0.05) is 18.1 Å². The number of sulfonamides is 1. The van der Waals surface area contributed by atoms with E-state index in [0.717, 1.165) is 28.3 Å². The van der Waals surface area contributed by atoms with Gasteiger partial charge in [-0.05, 0) is 69.2 Å². The van der Waals surface area contributed by atoms with Crippen molar-refractivity contribution >= 4 is 39.1 Å². The summed E-state index contributed by atoms with van der Waals surface area (Å²) in [5, 5.41) is 3.27. The third-order valence-electron chi connectivity index (χ3n) is 6.55. The highest BCUT2D eigenvalue weighted by atomic mass is 35.5. The van der Waals surface area contributed by atoms with Crippen LogP contribution in [0.5, 0.6) is 5.75 Å². The highest BCUT2D eigenvalue weighted by molar-refractivity contribution is 7.92. The van der Waals surface area contributed by atoms with Crippen molar-refractivity contribution in [2.24, 2.45) is 0 Å². The largest absolute Gasteiger partial charge is 0.492 e. The molecular formula is C31H38ClN3O5S. The molecule has 0 aliphatic carbocycles. The minimum atomic E-state index is -4.24. The molecule has 3 aromatic carbocycles. The molecule has 0 aliphatic rings. The molecule has 3 aromatic rings. The zero-order valence-electron chi connectivity index (χ0n) is 24.0. The van der Waals surface area contributed by atoms with E-state index in [2.05, 4.69) is 5.32 Å². The third-order valence-corrected chi connectivity index (χ3v) is 8.57. The fourth-order valence-corrected chi connectivity index (χ4v) is 5.86. The van der Waals surface area contributed by atoms with Crippen molar-refractivity contribution < 1.29 is 22.7 Å². The van der Waals surface area contributed by atoms with E-state index >= 15 is 0 Å². The van der Waals surface area contributed by atoms with E-state index in [4.69, 9.17) is 16.3 Å². The van der Waals surface area contributed by atoms with Crippen LogP contribution in [0.1, 0.15) is 44.7 Å². The minimum Gasteiger partial charge on any atom is -0.492 e. The molecule has 0 unspecified atom stereocenters. The average Bonchev–Trinajstić information content (AvgIpc) is 2.95. The maximum absolute atomic E-state index is 14.1. The summed E-state index contributed by atoms with van der Waals surface area (Å²) in [7, 11) is -4.24. The number of benzene rings is 3. The maximum Gasteiger partial charge on any atom is 0.264 e. The van der Waals surface area contributed by atoms with Crippen LogP contribution in [0, 0.1) is 6.92 Å². The predicted molar refractivity (Wildman–Crippen MR) is 163 cm³/mol. The van der Waals surface area contributed by atoms with Crippen LogP contribution in [0.3, 0.4) is 0 Å². The fraction of sp³-hybridized carbons (Fsp3) is 0.355. The lowest BCUT2D eigenvalue weighted by atomic mass is 10.1. The van der Waals surface area contributed by atoms with Crippen LogP contribution < -0.4 is 14.4 Å². The summed E-state index contributed by atoms with van der Waals surface area (Å²) >= 11 is 6.02. The molecule has 0 saturated heterocycles. The van der Waals surface area contributed by atoms with Crippen molar-refractivity contribution in [1.82, 2.24) is 10.2 Å². The highest BCUT2D eigenvalue weighted by Gasteiger charge is 2.33. The molecule has 10 heteroatoms. The first-order valence-electron chi connectivity index (χ1n) is 13.7. The van der Waals surface area contributed by atoms with Crippen molar-refractivity contribution in [2.75, 3.05) is 24.0 Å². The van der Waals surface area contributed by atoms with Crippen LogP contribution >= 0.6 is 11.6 Å². The van der Waals surface area contributed by atoms with E-state index in [1.54, 1.807) is 38.1 Å². The zero-order chi connectivity index (χ0) is 30.0. The van der Waals surface area contributed by atoms with Crippen molar-refractivity contribution in [3.05, 3.63) is 88.9 Å². The van der Waals surface area contributed by atoms with Crippen LogP contribution in [0.25, 0.3) is 0 Å². The quantitative estimate of drug-likeness (QED) is 0.244. The van der Waals surface area contributed by atoms with E-state index in [1.807, 2.05) is 38.1 Å². The summed E-state index contributed by atoms with van der Waals surface area (Å²) in [4.78, 5) is 28.6. The van der Waals surface area contributed by atoms with E-state index in [0.29, 0.717) is 23.9 Å². The monoisotopic (exact) mass is 599 g/mol. The number of aryl methyl sites for hydroxylation is 1. The van der Waals surface area contributed by atoms with Gasteiger partial charge in [-0.2, -0.15) is 0 Å². The molecule has 41 heavy (non-hydrogen) atoms. The topological polar surface area (TPSA) is 96.0 Å². The molecule has 0 aromatic heterocycles. The summed E-state index contributed by atoms with van der Waals surface area (Å²) < 4.78 is 34.8. The molecule has 1 atom stereocenters. The second kappa shape index (κ2) is 14.9. The number of carbonyl (C=O) groups excluding carboxylic acids is 2. The molecule has 8 nitrogen and oxygen atoms in total. The molecule has 0 spiro atoms. The highest BCUT2D eigenvalue weighted by Crippen LogP contribution is 2.33. The summed E-state index contributed by atoms with van der Waals surface area (Å²) in [5.41, 5.74) is 2.05. The summed E-state index contributed by atoms with van der Waals surface area (Å²) in [6.45, 7) is 7.79. The minimum absolute atomic E-state index is 0.0309. The Morgan fingerprint density at radius 1 is 1.00 bits per heavy atom. The first-order chi connectivity index (χ1) is 19.6. The number of rotatable bonds is 14. The third kappa shape index (κ3) is 8.47. The molecule has 0 heterocycles. The van der Waals surface area contributed by atoms with Gasteiger partial charge in [0.1, 0.15) is 18.3 Å². The second-order valence-electron chi connectivity index (χ2n) is 9.70. The van der Waals surface area contributed by atoms with Gasteiger partial charge in [0.2, 0.25) is 11.8 Å². The Kier molecular flexibility index (Phi) is 11.6. The van der Waals surface area contributed by atoms with Gasteiger partial charge in [0.15, 0.2) is 0 Å². The normalized spacial score (nSPS) is 11.9. The lowest BCUT2D eigenvalue weighted by Crippen LogP contribution is -2.51.